The average molecular weight is 426 g/mol. The van der Waals surface area contributed by atoms with E-state index in [1.165, 1.54) is 7.11 Å². The van der Waals surface area contributed by atoms with Crippen molar-refractivity contribution in [3.05, 3.63) is 65.0 Å². The molecule has 0 bridgehead atoms. The molecular weight excluding hydrogens is 404 g/mol. The summed E-state index contributed by atoms with van der Waals surface area (Å²) in [4.78, 5) is 15.5. The zero-order chi connectivity index (χ0) is 22.1. The van der Waals surface area contributed by atoms with E-state index in [2.05, 4.69) is 25.7 Å². The summed E-state index contributed by atoms with van der Waals surface area (Å²) in [6.45, 7) is 2.40. The molecular formula is C20H22F4N4O2. The van der Waals surface area contributed by atoms with Gasteiger partial charge in [-0.3, -0.25) is 5.32 Å². The molecule has 0 saturated heterocycles. The van der Waals surface area contributed by atoms with E-state index in [4.69, 9.17) is 0 Å². The van der Waals surface area contributed by atoms with Crippen LogP contribution in [0.1, 0.15) is 23.6 Å². The van der Waals surface area contributed by atoms with Crippen LogP contribution in [-0.4, -0.2) is 25.7 Å². The van der Waals surface area contributed by atoms with Crippen molar-refractivity contribution in [2.75, 3.05) is 19.0 Å². The molecule has 0 aliphatic heterocycles. The Balaban J connectivity index is 2.06. The monoisotopic (exact) mass is 426 g/mol. The van der Waals surface area contributed by atoms with Gasteiger partial charge in [0, 0.05) is 18.8 Å². The predicted octanol–water partition coefficient (Wildman–Crippen LogP) is 4.28. The predicted molar refractivity (Wildman–Crippen MR) is 106 cm³/mol. The Morgan fingerprint density at radius 3 is 2.40 bits per heavy atom. The summed E-state index contributed by atoms with van der Waals surface area (Å²) in [5.41, 5.74) is 0.253. The number of methoxy groups -OCH3 is 1. The van der Waals surface area contributed by atoms with Crippen LogP contribution in [0.5, 0.6) is 0 Å². The van der Waals surface area contributed by atoms with Crippen molar-refractivity contribution in [1.82, 2.24) is 10.6 Å². The number of nitrogens with one attached hydrogen (secondary N) is 3. The first-order valence-electron chi connectivity index (χ1n) is 9.04. The van der Waals surface area contributed by atoms with E-state index >= 15 is 0 Å². The summed E-state index contributed by atoms with van der Waals surface area (Å²) in [5.74, 6) is -0.636. The van der Waals surface area contributed by atoms with Crippen LogP contribution in [-0.2, 0) is 24.0 Å². The third-order valence-corrected chi connectivity index (χ3v) is 3.97. The van der Waals surface area contributed by atoms with Crippen LogP contribution < -0.4 is 16.0 Å². The molecule has 0 spiro atoms. The van der Waals surface area contributed by atoms with Crippen molar-refractivity contribution in [2.24, 2.45) is 4.99 Å². The largest absolute Gasteiger partial charge is 0.453 e. The van der Waals surface area contributed by atoms with Gasteiger partial charge < -0.3 is 15.4 Å². The number of ether oxygens (including phenoxy) is 1. The first-order valence-corrected chi connectivity index (χ1v) is 9.04. The van der Waals surface area contributed by atoms with Gasteiger partial charge in [-0.1, -0.05) is 18.2 Å². The number of guanidine groups is 1. The fourth-order valence-corrected chi connectivity index (χ4v) is 2.52. The van der Waals surface area contributed by atoms with Crippen LogP contribution in [0.2, 0.25) is 0 Å². The van der Waals surface area contributed by atoms with Crippen LogP contribution in [0.25, 0.3) is 0 Å². The van der Waals surface area contributed by atoms with Crippen molar-refractivity contribution < 1.29 is 27.1 Å². The molecule has 162 valence electrons. The molecule has 0 aliphatic rings. The molecule has 2 aromatic rings. The minimum Gasteiger partial charge on any atom is -0.453 e. The van der Waals surface area contributed by atoms with E-state index in [1.807, 2.05) is 6.92 Å². The summed E-state index contributed by atoms with van der Waals surface area (Å²) in [7, 11) is 1.26. The highest BCUT2D eigenvalue weighted by Crippen LogP contribution is 2.32. The van der Waals surface area contributed by atoms with Gasteiger partial charge in [-0.05, 0) is 42.3 Å². The first kappa shape index (κ1) is 23.0. The lowest BCUT2D eigenvalue weighted by atomic mass is 10.1. The number of nitrogens with zero attached hydrogens (tertiary/aromatic N) is 1. The summed E-state index contributed by atoms with van der Waals surface area (Å²) >= 11 is 0. The SMILES string of the molecule is CCNC(=NCc1ccc(NC(=O)OC)cc1)NCc1ccc(F)cc1C(F)(F)F. The number of aliphatic imine (C=N–C) groups is 1. The van der Waals surface area contributed by atoms with Gasteiger partial charge in [-0.15, -0.1) is 0 Å². The van der Waals surface area contributed by atoms with Crippen molar-refractivity contribution in [3.63, 3.8) is 0 Å². The van der Waals surface area contributed by atoms with Gasteiger partial charge in [-0.2, -0.15) is 13.2 Å². The molecule has 30 heavy (non-hydrogen) atoms. The highest BCUT2D eigenvalue weighted by Gasteiger charge is 2.33. The smallest absolute Gasteiger partial charge is 0.416 e. The fourth-order valence-electron chi connectivity index (χ4n) is 2.52. The Hall–Kier alpha value is -3.30. The van der Waals surface area contributed by atoms with Crippen molar-refractivity contribution in [2.45, 2.75) is 26.2 Å². The second-order valence-electron chi connectivity index (χ2n) is 6.16. The molecule has 0 aliphatic carbocycles. The summed E-state index contributed by atoms with van der Waals surface area (Å²) < 4.78 is 57.1. The van der Waals surface area contributed by atoms with Gasteiger partial charge in [-0.25, -0.2) is 14.2 Å². The van der Waals surface area contributed by atoms with Crippen molar-refractivity contribution >= 4 is 17.7 Å². The first-order chi connectivity index (χ1) is 14.2. The lowest BCUT2D eigenvalue weighted by Crippen LogP contribution is -2.37. The second-order valence-corrected chi connectivity index (χ2v) is 6.16. The highest BCUT2D eigenvalue weighted by atomic mass is 19.4. The van der Waals surface area contributed by atoms with Gasteiger partial charge >= 0.3 is 12.3 Å². The second kappa shape index (κ2) is 10.5. The summed E-state index contributed by atoms with van der Waals surface area (Å²) in [6, 6.07) is 9.42. The molecule has 6 nitrogen and oxygen atoms in total. The maximum Gasteiger partial charge on any atom is 0.416 e. The molecule has 3 N–H and O–H groups in total. The van der Waals surface area contributed by atoms with Crippen molar-refractivity contribution in [3.8, 4) is 0 Å². The molecule has 0 unspecified atom stereocenters. The van der Waals surface area contributed by atoms with E-state index < -0.39 is 23.7 Å². The number of rotatable bonds is 6. The maximum atomic E-state index is 13.2. The van der Waals surface area contributed by atoms with E-state index in [1.54, 1.807) is 24.3 Å². The molecule has 0 aromatic heterocycles. The molecule has 1 amide bonds. The number of hydrogen-bond acceptors (Lipinski definition) is 3. The van der Waals surface area contributed by atoms with Gasteiger partial charge in [0.05, 0.1) is 19.2 Å². The molecule has 2 rings (SSSR count). The number of alkyl halides is 3. The Bertz CT molecular complexity index is 883. The third-order valence-electron chi connectivity index (χ3n) is 3.97. The average Bonchev–Trinajstić information content (AvgIpc) is 2.71. The van der Waals surface area contributed by atoms with E-state index in [0.29, 0.717) is 24.3 Å². The molecule has 0 heterocycles. The molecule has 2 aromatic carbocycles. The normalized spacial score (nSPS) is 11.7. The number of halogens is 4. The number of amides is 1. The summed E-state index contributed by atoms with van der Waals surface area (Å²) in [6.07, 6.45) is -5.24. The van der Waals surface area contributed by atoms with E-state index in [-0.39, 0.29) is 18.7 Å². The zero-order valence-corrected chi connectivity index (χ0v) is 16.4. The van der Waals surface area contributed by atoms with Gasteiger partial charge in [0.2, 0.25) is 0 Å². The topological polar surface area (TPSA) is 74.8 Å². The van der Waals surface area contributed by atoms with Crippen LogP contribution >= 0.6 is 0 Å². The van der Waals surface area contributed by atoms with Crippen LogP contribution in [0.3, 0.4) is 0 Å². The number of benzene rings is 2. The van der Waals surface area contributed by atoms with Gasteiger partial charge in [0.25, 0.3) is 0 Å². The quantitative estimate of drug-likeness (QED) is 0.366. The Morgan fingerprint density at radius 1 is 1.10 bits per heavy atom. The Kier molecular flexibility index (Phi) is 8.02. The third kappa shape index (κ3) is 6.94. The number of carbonyl (C=O) groups excluding carboxylic acids is 1. The van der Waals surface area contributed by atoms with Gasteiger partial charge in [0.1, 0.15) is 5.82 Å². The minimum atomic E-state index is -4.66. The Labute approximate surface area is 171 Å². The maximum absolute atomic E-state index is 13.2. The lowest BCUT2D eigenvalue weighted by Gasteiger charge is -2.16. The number of carbonyl (C=O) groups is 1. The number of anilines is 1. The molecule has 0 atom stereocenters. The van der Waals surface area contributed by atoms with Crippen LogP contribution in [0.4, 0.5) is 28.0 Å². The highest BCUT2D eigenvalue weighted by molar-refractivity contribution is 5.84. The van der Waals surface area contributed by atoms with E-state index in [0.717, 1.165) is 17.7 Å². The zero-order valence-electron chi connectivity index (χ0n) is 16.4. The minimum absolute atomic E-state index is 0.0901. The fraction of sp³-hybridized carbons (Fsp3) is 0.300. The van der Waals surface area contributed by atoms with Crippen LogP contribution in [0.15, 0.2) is 47.5 Å². The number of hydrogen-bond donors (Lipinski definition) is 3. The molecule has 0 radical (unpaired) electrons. The Morgan fingerprint density at radius 2 is 1.80 bits per heavy atom. The van der Waals surface area contributed by atoms with E-state index in [9.17, 15) is 22.4 Å². The molecule has 10 heteroatoms. The lowest BCUT2D eigenvalue weighted by molar-refractivity contribution is -0.138. The molecule has 0 fully saturated rings. The standard InChI is InChI=1S/C20H22F4N4O2/c1-3-25-18(26-11-13-4-8-16(9-5-13)28-19(29)30-2)27-12-14-6-7-15(21)10-17(14)20(22,23)24/h4-10H,3,11-12H2,1-2H3,(H,28,29)(H2,25,26,27). The molecule has 0 saturated carbocycles. The van der Waals surface area contributed by atoms with Crippen molar-refractivity contribution in [1.29, 1.82) is 0 Å². The van der Waals surface area contributed by atoms with Crippen LogP contribution in [0, 0.1) is 5.82 Å². The summed E-state index contributed by atoms with van der Waals surface area (Å²) in [5, 5.41) is 8.30. The van der Waals surface area contributed by atoms with Gasteiger partial charge in [0.15, 0.2) is 5.96 Å².